The fourth-order valence-electron chi connectivity index (χ4n) is 2.24. The van der Waals surface area contributed by atoms with Gasteiger partial charge in [0, 0.05) is 12.5 Å². The molecule has 1 saturated heterocycles. The van der Waals surface area contributed by atoms with Crippen molar-refractivity contribution >= 4 is 34.7 Å². The van der Waals surface area contributed by atoms with Crippen LogP contribution in [0.1, 0.15) is 55.9 Å². The van der Waals surface area contributed by atoms with Gasteiger partial charge in [-0.15, -0.1) is 0 Å². The lowest BCUT2D eigenvalue weighted by molar-refractivity contribution is 0.0181. The summed E-state index contributed by atoms with van der Waals surface area (Å²) in [6.07, 6.45) is 2.14. The molecule has 1 aliphatic rings. The molecular formula is C14H19IN2O5. The normalized spacial score (nSPS) is 22.5. The molecule has 1 aromatic rings. The maximum Gasteiger partial charge on any atom is 0.411 e. The molecule has 1 amide bonds. The first-order valence-electron chi connectivity index (χ1n) is 7.00. The lowest BCUT2D eigenvalue weighted by atomic mass is 9.97. The number of oxazole rings is 1. The van der Waals surface area contributed by atoms with Crippen LogP contribution in [0.15, 0.2) is 10.7 Å². The molecule has 7 nitrogen and oxygen atoms in total. The van der Waals surface area contributed by atoms with Crippen LogP contribution in [-0.4, -0.2) is 43.2 Å². The summed E-state index contributed by atoms with van der Waals surface area (Å²) < 4.78 is 10.6. The Labute approximate surface area is 142 Å². The van der Waals surface area contributed by atoms with E-state index in [1.165, 1.54) is 0 Å². The smallest absolute Gasteiger partial charge is 0.411 e. The van der Waals surface area contributed by atoms with Crippen molar-refractivity contribution in [2.24, 2.45) is 0 Å². The summed E-state index contributed by atoms with van der Waals surface area (Å²) in [5, 5.41) is 8.88. The van der Waals surface area contributed by atoms with Crippen LogP contribution in [0.25, 0.3) is 0 Å². The molecule has 0 aliphatic carbocycles. The van der Waals surface area contributed by atoms with Gasteiger partial charge in [0.05, 0.1) is 4.05 Å². The van der Waals surface area contributed by atoms with Crippen LogP contribution in [0.4, 0.5) is 4.79 Å². The van der Waals surface area contributed by atoms with Crippen LogP contribution in [0.3, 0.4) is 0 Å². The maximum absolute atomic E-state index is 12.1. The highest BCUT2D eigenvalue weighted by atomic mass is 127. The van der Waals surface area contributed by atoms with Crippen molar-refractivity contribution in [1.29, 1.82) is 0 Å². The van der Waals surface area contributed by atoms with E-state index < -0.39 is 11.6 Å². The van der Waals surface area contributed by atoms with Crippen LogP contribution < -0.4 is 0 Å². The van der Waals surface area contributed by atoms with Gasteiger partial charge in [-0.05, 0) is 33.6 Å². The summed E-state index contributed by atoms with van der Waals surface area (Å²) in [6.45, 7) is 6.03. The Morgan fingerprint density at radius 3 is 2.68 bits per heavy atom. The second-order valence-electron chi connectivity index (χ2n) is 6.21. The Kier molecular flexibility index (Phi) is 4.98. The zero-order chi connectivity index (χ0) is 16.5. The van der Waals surface area contributed by atoms with Crippen molar-refractivity contribution in [2.75, 3.05) is 6.54 Å². The fraction of sp³-hybridized carbons (Fsp3) is 0.643. The lowest BCUT2D eigenvalue weighted by Gasteiger charge is -2.36. The van der Waals surface area contributed by atoms with Gasteiger partial charge < -0.3 is 14.3 Å². The van der Waals surface area contributed by atoms with Crippen molar-refractivity contribution in [3.63, 3.8) is 0 Å². The molecule has 0 radical (unpaired) electrons. The number of aromatic nitrogens is 1. The number of piperidine rings is 1. The van der Waals surface area contributed by atoms with Crippen LogP contribution in [0, 0.1) is 0 Å². The van der Waals surface area contributed by atoms with E-state index in [0.717, 1.165) is 6.26 Å². The Bertz CT molecular complexity index is 566. The summed E-state index contributed by atoms with van der Waals surface area (Å²) in [5.41, 5.74) is -0.613. The number of aromatic carboxylic acids is 1. The number of hydrogen-bond donors (Lipinski definition) is 1. The molecule has 122 valence electrons. The molecule has 1 N–H and O–H groups in total. The molecule has 22 heavy (non-hydrogen) atoms. The van der Waals surface area contributed by atoms with E-state index in [-0.39, 0.29) is 21.8 Å². The number of carboxylic acid groups (broad SMARTS) is 1. The second kappa shape index (κ2) is 6.43. The number of halogens is 1. The number of nitrogens with zero attached hydrogens (tertiary/aromatic N) is 2. The predicted molar refractivity (Wildman–Crippen MR) is 86.2 cm³/mol. The number of carboxylic acids is 1. The van der Waals surface area contributed by atoms with Gasteiger partial charge in [0.15, 0.2) is 11.6 Å². The Morgan fingerprint density at radius 1 is 1.50 bits per heavy atom. The van der Waals surface area contributed by atoms with Crippen molar-refractivity contribution in [2.45, 2.75) is 49.2 Å². The first-order chi connectivity index (χ1) is 10.2. The van der Waals surface area contributed by atoms with Gasteiger partial charge >= 0.3 is 12.1 Å². The standard InChI is InChI=1S/C14H19IN2O5/c1-14(2,3)22-13(20)17-5-4-8(6-10(17)15)11-16-9(7-21-11)12(18)19/h7-8,10H,4-6H2,1-3H3,(H,18,19). The van der Waals surface area contributed by atoms with Gasteiger partial charge in [-0.25, -0.2) is 14.6 Å². The van der Waals surface area contributed by atoms with E-state index in [0.29, 0.717) is 25.3 Å². The first-order valence-corrected chi connectivity index (χ1v) is 8.24. The quantitative estimate of drug-likeness (QED) is 0.447. The van der Waals surface area contributed by atoms with Crippen LogP contribution in [0.5, 0.6) is 0 Å². The third-order valence-electron chi connectivity index (χ3n) is 3.25. The number of carbonyl (C=O) groups excluding carboxylic acids is 1. The number of alkyl halides is 1. The molecule has 8 heteroatoms. The molecule has 0 spiro atoms. The largest absolute Gasteiger partial charge is 0.476 e. The minimum atomic E-state index is -1.10. The topological polar surface area (TPSA) is 92.9 Å². The average Bonchev–Trinajstić information content (AvgIpc) is 2.85. The summed E-state index contributed by atoms with van der Waals surface area (Å²) >= 11 is 2.19. The zero-order valence-electron chi connectivity index (χ0n) is 12.7. The Morgan fingerprint density at radius 2 is 2.18 bits per heavy atom. The van der Waals surface area contributed by atoms with Gasteiger partial charge in [0.1, 0.15) is 11.9 Å². The van der Waals surface area contributed by atoms with Crippen LogP contribution in [-0.2, 0) is 4.74 Å². The highest BCUT2D eigenvalue weighted by Crippen LogP contribution is 2.34. The van der Waals surface area contributed by atoms with E-state index >= 15 is 0 Å². The summed E-state index contributed by atoms with van der Waals surface area (Å²) in [6, 6.07) is 0. The molecular weight excluding hydrogens is 403 g/mol. The fourth-order valence-corrected chi connectivity index (χ4v) is 3.36. The number of rotatable bonds is 2. The minimum absolute atomic E-state index is 0.00804. The molecule has 2 atom stereocenters. The SMILES string of the molecule is CC(C)(C)OC(=O)N1CCC(c2nc(C(=O)O)co2)CC1I. The summed E-state index contributed by atoms with van der Waals surface area (Å²) in [4.78, 5) is 28.7. The predicted octanol–water partition coefficient (Wildman–Crippen LogP) is 3.25. The molecule has 2 unspecified atom stereocenters. The first kappa shape index (κ1) is 17.0. The number of hydrogen-bond acceptors (Lipinski definition) is 5. The molecule has 0 bridgehead atoms. The number of carbonyl (C=O) groups is 2. The van der Waals surface area contributed by atoms with Gasteiger partial charge in [-0.3, -0.25) is 4.90 Å². The number of likely N-dealkylation sites (tertiary alicyclic amines) is 1. The van der Waals surface area contributed by atoms with E-state index in [1.807, 2.05) is 20.8 Å². The van der Waals surface area contributed by atoms with Gasteiger partial charge in [-0.1, -0.05) is 22.6 Å². The molecule has 1 fully saturated rings. The van der Waals surface area contributed by atoms with Crippen molar-refractivity contribution in [3.05, 3.63) is 17.8 Å². The molecule has 0 saturated carbocycles. The van der Waals surface area contributed by atoms with E-state index in [4.69, 9.17) is 14.3 Å². The third kappa shape index (κ3) is 4.11. The van der Waals surface area contributed by atoms with Crippen LogP contribution in [0.2, 0.25) is 0 Å². The van der Waals surface area contributed by atoms with Gasteiger partial charge in [-0.2, -0.15) is 0 Å². The monoisotopic (exact) mass is 422 g/mol. The molecule has 1 aliphatic heterocycles. The van der Waals surface area contributed by atoms with Gasteiger partial charge in [0.25, 0.3) is 0 Å². The van der Waals surface area contributed by atoms with Crippen molar-refractivity contribution in [1.82, 2.24) is 9.88 Å². The Hall–Kier alpha value is -1.32. The van der Waals surface area contributed by atoms with E-state index in [9.17, 15) is 9.59 Å². The van der Waals surface area contributed by atoms with Crippen molar-refractivity contribution < 1.29 is 23.8 Å². The van der Waals surface area contributed by atoms with E-state index in [1.54, 1.807) is 4.90 Å². The second-order valence-corrected chi connectivity index (χ2v) is 7.64. The van der Waals surface area contributed by atoms with Crippen LogP contribution >= 0.6 is 22.6 Å². The lowest BCUT2D eigenvalue weighted by Crippen LogP contribution is -2.45. The molecule has 0 aromatic carbocycles. The average molecular weight is 422 g/mol. The summed E-state index contributed by atoms with van der Waals surface area (Å²) in [5.74, 6) is -0.677. The van der Waals surface area contributed by atoms with E-state index in [2.05, 4.69) is 27.6 Å². The highest BCUT2D eigenvalue weighted by molar-refractivity contribution is 14.1. The molecule has 2 rings (SSSR count). The number of ether oxygens (including phenoxy) is 1. The highest BCUT2D eigenvalue weighted by Gasteiger charge is 2.35. The molecule has 2 heterocycles. The third-order valence-corrected chi connectivity index (χ3v) is 4.43. The van der Waals surface area contributed by atoms with Gasteiger partial charge in [0.2, 0.25) is 0 Å². The maximum atomic E-state index is 12.1. The zero-order valence-corrected chi connectivity index (χ0v) is 14.9. The molecule has 1 aromatic heterocycles. The minimum Gasteiger partial charge on any atom is -0.476 e. The Balaban J connectivity index is 2.00. The number of amides is 1. The summed E-state index contributed by atoms with van der Waals surface area (Å²) in [7, 11) is 0. The van der Waals surface area contributed by atoms with Crippen molar-refractivity contribution in [3.8, 4) is 0 Å².